The minimum Gasteiger partial charge on any atom is -0.392 e. The van der Waals surface area contributed by atoms with Gasteiger partial charge in [-0.2, -0.15) is 0 Å². The van der Waals surface area contributed by atoms with Crippen LogP contribution < -0.4 is 0 Å². The summed E-state index contributed by atoms with van der Waals surface area (Å²) in [5, 5.41) is 10.3. The fourth-order valence-electron chi connectivity index (χ4n) is 1.94. The highest BCUT2D eigenvalue weighted by Crippen LogP contribution is 2.33. The van der Waals surface area contributed by atoms with E-state index in [9.17, 15) is 0 Å². The molecule has 2 nitrogen and oxygen atoms in total. The number of fused-ring (bicyclic) bond motifs is 1. The van der Waals surface area contributed by atoms with Crippen molar-refractivity contribution in [2.45, 2.75) is 16.4 Å². The van der Waals surface area contributed by atoms with E-state index in [1.165, 1.54) is 15.2 Å². The molecule has 0 atom stereocenters. The van der Waals surface area contributed by atoms with Crippen molar-refractivity contribution in [2.24, 2.45) is 0 Å². The highest BCUT2D eigenvalue weighted by molar-refractivity contribution is 7.99. The molecule has 0 saturated carbocycles. The molecule has 3 aromatic rings. The molecule has 0 aliphatic heterocycles. The molecule has 0 radical (unpaired) electrons. The number of hydrogen-bond acceptors (Lipinski definition) is 2. The molecule has 1 aromatic heterocycles. The minimum absolute atomic E-state index is 0.0956. The van der Waals surface area contributed by atoms with E-state index in [2.05, 4.69) is 29.2 Å². The number of hydrogen-bond donors (Lipinski definition) is 2. The van der Waals surface area contributed by atoms with E-state index < -0.39 is 0 Å². The van der Waals surface area contributed by atoms with Gasteiger partial charge in [0.15, 0.2) is 0 Å². The van der Waals surface area contributed by atoms with Gasteiger partial charge < -0.3 is 10.1 Å². The molecule has 0 amide bonds. The van der Waals surface area contributed by atoms with E-state index in [-0.39, 0.29) is 6.61 Å². The predicted octanol–water partition coefficient (Wildman–Crippen LogP) is 3.81. The van der Waals surface area contributed by atoms with Crippen molar-refractivity contribution in [2.75, 3.05) is 0 Å². The molecule has 3 heteroatoms. The molecule has 0 bridgehead atoms. The SMILES string of the molecule is OCc1ccc(Sc2cccc3[nH]ccc23)cc1. The maximum absolute atomic E-state index is 9.02. The second kappa shape index (κ2) is 4.88. The zero-order chi connectivity index (χ0) is 12.4. The van der Waals surface area contributed by atoms with Crippen molar-refractivity contribution < 1.29 is 5.11 Å². The number of H-pyrrole nitrogens is 1. The van der Waals surface area contributed by atoms with Gasteiger partial charge in [0.2, 0.25) is 0 Å². The van der Waals surface area contributed by atoms with Gasteiger partial charge in [-0.15, -0.1) is 0 Å². The minimum atomic E-state index is 0.0956. The van der Waals surface area contributed by atoms with Gasteiger partial charge >= 0.3 is 0 Å². The number of rotatable bonds is 3. The fourth-order valence-corrected chi connectivity index (χ4v) is 2.90. The first-order valence-electron chi connectivity index (χ1n) is 5.80. The van der Waals surface area contributed by atoms with Crippen LogP contribution in [0.25, 0.3) is 10.9 Å². The summed E-state index contributed by atoms with van der Waals surface area (Å²) in [6, 6.07) is 16.4. The molecule has 90 valence electrons. The molecule has 18 heavy (non-hydrogen) atoms. The predicted molar refractivity (Wildman–Crippen MR) is 74.8 cm³/mol. The Kier molecular flexibility index (Phi) is 3.09. The maximum Gasteiger partial charge on any atom is 0.0681 e. The van der Waals surface area contributed by atoms with Gasteiger partial charge in [-0.1, -0.05) is 30.0 Å². The molecule has 0 aliphatic rings. The highest BCUT2D eigenvalue weighted by atomic mass is 32.2. The van der Waals surface area contributed by atoms with Crippen LogP contribution in [-0.4, -0.2) is 10.1 Å². The van der Waals surface area contributed by atoms with E-state index in [0.717, 1.165) is 11.1 Å². The lowest BCUT2D eigenvalue weighted by Gasteiger charge is -2.04. The van der Waals surface area contributed by atoms with Gasteiger partial charge in [-0.3, -0.25) is 0 Å². The molecule has 2 N–H and O–H groups in total. The van der Waals surface area contributed by atoms with Crippen molar-refractivity contribution in [1.29, 1.82) is 0 Å². The lowest BCUT2D eigenvalue weighted by molar-refractivity contribution is 0.282. The van der Waals surface area contributed by atoms with Gasteiger partial charge in [0.05, 0.1) is 6.61 Å². The van der Waals surface area contributed by atoms with E-state index in [0.29, 0.717) is 0 Å². The van der Waals surface area contributed by atoms with Crippen molar-refractivity contribution >= 4 is 22.7 Å². The third kappa shape index (κ3) is 2.15. The number of aliphatic hydroxyl groups excluding tert-OH is 1. The molecule has 2 aromatic carbocycles. The molecule has 0 fully saturated rings. The smallest absolute Gasteiger partial charge is 0.0681 e. The number of nitrogens with one attached hydrogen (secondary N) is 1. The average molecular weight is 255 g/mol. The van der Waals surface area contributed by atoms with Gasteiger partial charge in [-0.25, -0.2) is 0 Å². The number of aromatic nitrogens is 1. The fraction of sp³-hybridized carbons (Fsp3) is 0.0667. The molecule has 0 saturated heterocycles. The maximum atomic E-state index is 9.02. The van der Waals surface area contributed by atoms with Crippen molar-refractivity contribution in [1.82, 2.24) is 4.98 Å². The molecule has 0 spiro atoms. The van der Waals surface area contributed by atoms with Crippen LogP contribution in [0.2, 0.25) is 0 Å². The van der Waals surface area contributed by atoms with Crippen LogP contribution in [0, 0.1) is 0 Å². The van der Waals surface area contributed by atoms with E-state index in [1.807, 2.05) is 30.5 Å². The Balaban J connectivity index is 1.93. The quantitative estimate of drug-likeness (QED) is 0.746. The van der Waals surface area contributed by atoms with Gasteiger partial charge in [0.1, 0.15) is 0 Å². The molecule has 3 rings (SSSR count). The Labute approximate surface area is 110 Å². The zero-order valence-corrected chi connectivity index (χ0v) is 10.6. The second-order valence-electron chi connectivity index (χ2n) is 4.10. The summed E-state index contributed by atoms with van der Waals surface area (Å²) < 4.78 is 0. The summed E-state index contributed by atoms with van der Waals surface area (Å²) >= 11 is 1.74. The van der Waals surface area contributed by atoms with Crippen molar-refractivity contribution in [3.8, 4) is 0 Å². The number of aromatic amines is 1. The second-order valence-corrected chi connectivity index (χ2v) is 5.21. The molecule has 0 aliphatic carbocycles. The molecule has 1 heterocycles. The van der Waals surface area contributed by atoms with E-state index in [1.54, 1.807) is 11.8 Å². The largest absolute Gasteiger partial charge is 0.392 e. The third-order valence-corrected chi connectivity index (χ3v) is 3.97. The number of aliphatic hydroxyl groups is 1. The van der Waals surface area contributed by atoms with Gasteiger partial charge in [-0.05, 0) is 35.9 Å². The summed E-state index contributed by atoms with van der Waals surface area (Å²) in [6.45, 7) is 0.0956. The summed E-state index contributed by atoms with van der Waals surface area (Å²) in [7, 11) is 0. The molecular formula is C15H13NOS. The van der Waals surface area contributed by atoms with Gasteiger partial charge in [0.25, 0.3) is 0 Å². The molecular weight excluding hydrogens is 242 g/mol. The standard InChI is InChI=1S/C15H13NOS/c17-10-11-4-6-12(7-5-11)18-15-3-1-2-14-13(15)8-9-16-14/h1-9,16-17H,10H2. The Morgan fingerprint density at radius 3 is 2.61 bits per heavy atom. The summed E-state index contributed by atoms with van der Waals surface area (Å²) in [4.78, 5) is 5.64. The number of benzene rings is 2. The van der Waals surface area contributed by atoms with Crippen LogP contribution in [0.3, 0.4) is 0 Å². The summed E-state index contributed by atoms with van der Waals surface area (Å²) in [5.41, 5.74) is 2.10. The summed E-state index contributed by atoms with van der Waals surface area (Å²) in [5.74, 6) is 0. The zero-order valence-electron chi connectivity index (χ0n) is 9.76. The Hall–Kier alpha value is -1.71. The average Bonchev–Trinajstić information content (AvgIpc) is 2.89. The van der Waals surface area contributed by atoms with Crippen LogP contribution in [-0.2, 0) is 6.61 Å². The van der Waals surface area contributed by atoms with Gasteiger partial charge in [0, 0.05) is 26.9 Å². The van der Waals surface area contributed by atoms with Crippen LogP contribution in [0.15, 0.2) is 64.5 Å². The normalized spacial score (nSPS) is 10.9. The Bertz CT molecular complexity index is 658. The topological polar surface area (TPSA) is 36.0 Å². The van der Waals surface area contributed by atoms with Crippen LogP contribution >= 0.6 is 11.8 Å². The monoisotopic (exact) mass is 255 g/mol. The van der Waals surface area contributed by atoms with Crippen LogP contribution in [0.1, 0.15) is 5.56 Å². The lowest BCUT2D eigenvalue weighted by atomic mass is 10.2. The Morgan fingerprint density at radius 2 is 1.83 bits per heavy atom. The third-order valence-electron chi connectivity index (χ3n) is 2.89. The highest BCUT2D eigenvalue weighted by Gasteiger charge is 2.03. The van der Waals surface area contributed by atoms with Crippen LogP contribution in [0.4, 0.5) is 0 Å². The Morgan fingerprint density at radius 1 is 1.00 bits per heavy atom. The van der Waals surface area contributed by atoms with Crippen molar-refractivity contribution in [3.05, 3.63) is 60.3 Å². The van der Waals surface area contributed by atoms with E-state index >= 15 is 0 Å². The first-order chi connectivity index (χ1) is 8.86. The first kappa shape index (κ1) is 11.4. The first-order valence-corrected chi connectivity index (χ1v) is 6.62. The van der Waals surface area contributed by atoms with E-state index in [4.69, 9.17) is 5.11 Å². The molecule has 0 unspecified atom stereocenters. The van der Waals surface area contributed by atoms with Crippen LogP contribution in [0.5, 0.6) is 0 Å². The van der Waals surface area contributed by atoms with Crippen molar-refractivity contribution in [3.63, 3.8) is 0 Å². The summed E-state index contributed by atoms with van der Waals surface area (Å²) in [6.07, 6.45) is 1.96. The lowest BCUT2D eigenvalue weighted by Crippen LogP contribution is -1.81.